The van der Waals surface area contributed by atoms with Crippen molar-refractivity contribution >= 4 is 16.6 Å². The van der Waals surface area contributed by atoms with Crippen LogP contribution in [0.4, 0.5) is 0 Å². The van der Waals surface area contributed by atoms with E-state index in [4.69, 9.17) is 0 Å². The first-order chi connectivity index (χ1) is 16.1. The van der Waals surface area contributed by atoms with E-state index in [1.807, 2.05) is 12.5 Å². The minimum Gasteiger partial charge on any atom is -0.334 e. The third-order valence-corrected chi connectivity index (χ3v) is 10.4. The highest BCUT2D eigenvalue weighted by Gasteiger charge is 2.57. The van der Waals surface area contributed by atoms with Crippen LogP contribution in [0, 0.1) is 28.6 Å². The second-order valence-electron chi connectivity index (χ2n) is 11.7. The molecule has 0 N–H and O–H groups in total. The highest BCUT2D eigenvalue weighted by molar-refractivity contribution is 5.84. The Bertz CT molecular complexity index is 1260. The van der Waals surface area contributed by atoms with Gasteiger partial charge in [-0.15, -0.1) is 0 Å². The Morgan fingerprint density at radius 3 is 2.67 bits per heavy atom. The molecule has 0 radical (unpaired) electrons. The number of benzene rings is 1. The highest BCUT2D eigenvalue weighted by Crippen LogP contribution is 2.66. The van der Waals surface area contributed by atoms with Gasteiger partial charge in [0.25, 0.3) is 0 Å². The first-order valence-corrected chi connectivity index (χ1v) is 13.0. The van der Waals surface area contributed by atoms with Gasteiger partial charge in [0.2, 0.25) is 0 Å². The van der Waals surface area contributed by atoms with Gasteiger partial charge in [0.05, 0.1) is 11.8 Å². The molecule has 4 aliphatic rings. The van der Waals surface area contributed by atoms with Crippen LogP contribution in [0.3, 0.4) is 0 Å². The number of hydrogen-bond acceptors (Lipinski definition) is 1. The van der Waals surface area contributed by atoms with Crippen LogP contribution in [0.15, 0.2) is 73.0 Å². The number of imidazole rings is 1. The van der Waals surface area contributed by atoms with Gasteiger partial charge in [0, 0.05) is 35.7 Å². The van der Waals surface area contributed by atoms with Crippen LogP contribution in [0.25, 0.3) is 16.6 Å². The number of allylic oxidation sites excluding steroid dienone is 4. The molecule has 6 atom stereocenters. The monoisotopic (exact) mass is 437 g/mol. The molecular weight excluding hydrogens is 402 g/mol. The third-order valence-electron chi connectivity index (χ3n) is 10.4. The van der Waals surface area contributed by atoms with Gasteiger partial charge in [-0.1, -0.05) is 49.8 Å². The van der Waals surface area contributed by atoms with Gasteiger partial charge in [-0.2, -0.15) is 0 Å². The Kier molecular flexibility index (Phi) is 4.20. The molecular formula is C30H35N3. The second-order valence-corrected chi connectivity index (χ2v) is 11.7. The van der Waals surface area contributed by atoms with Crippen molar-refractivity contribution < 1.29 is 0 Å². The molecule has 2 saturated carbocycles. The highest BCUT2D eigenvalue weighted by atomic mass is 15.1. The lowest BCUT2D eigenvalue weighted by Gasteiger charge is -2.58. The summed E-state index contributed by atoms with van der Waals surface area (Å²) in [5.74, 6) is 2.43. The molecule has 0 bridgehead atoms. The second kappa shape index (κ2) is 6.98. The molecule has 7 rings (SSSR count). The average molecular weight is 438 g/mol. The van der Waals surface area contributed by atoms with Crippen LogP contribution in [-0.4, -0.2) is 14.1 Å². The zero-order valence-electron chi connectivity index (χ0n) is 20.0. The molecule has 2 fully saturated rings. The van der Waals surface area contributed by atoms with E-state index in [9.17, 15) is 0 Å². The largest absolute Gasteiger partial charge is 0.334 e. The molecule has 1 aromatic carbocycles. The van der Waals surface area contributed by atoms with Crippen molar-refractivity contribution in [3.05, 3.63) is 73.0 Å². The first-order valence-electron chi connectivity index (χ1n) is 13.0. The molecule has 3 unspecified atom stereocenters. The molecule has 4 aliphatic carbocycles. The summed E-state index contributed by atoms with van der Waals surface area (Å²) < 4.78 is 4.86. The average Bonchev–Trinajstić information content (AvgIpc) is 3.57. The topological polar surface area (TPSA) is 22.8 Å². The van der Waals surface area contributed by atoms with Crippen molar-refractivity contribution in [2.45, 2.75) is 64.8 Å². The molecule has 33 heavy (non-hydrogen) atoms. The Morgan fingerprint density at radius 2 is 1.79 bits per heavy atom. The Labute approximate surface area is 197 Å². The van der Waals surface area contributed by atoms with Gasteiger partial charge in [-0.25, -0.2) is 4.98 Å². The molecule has 2 heterocycles. The fourth-order valence-corrected chi connectivity index (χ4v) is 8.59. The summed E-state index contributed by atoms with van der Waals surface area (Å²) in [7, 11) is 0. The number of rotatable bonds is 2. The van der Waals surface area contributed by atoms with E-state index in [0.717, 1.165) is 17.8 Å². The number of nitrogens with zero attached hydrogens (tertiary/aromatic N) is 3. The van der Waals surface area contributed by atoms with Crippen LogP contribution in [-0.2, 0) is 0 Å². The maximum atomic E-state index is 4.31. The quantitative estimate of drug-likeness (QED) is 0.381. The normalized spacial score (nSPS) is 37.8. The van der Waals surface area contributed by atoms with Crippen LogP contribution in [0.2, 0.25) is 0 Å². The maximum absolute atomic E-state index is 4.31. The van der Waals surface area contributed by atoms with Crippen molar-refractivity contribution in [1.29, 1.82) is 0 Å². The summed E-state index contributed by atoms with van der Waals surface area (Å²) in [6.07, 6.45) is 22.7. The van der Waals surface area contributed by atoms with Crippen LogP contribution in [0.1, 0.15) is 64.8 Å². The molecule has 3 aromatic rings. The summed E-state index contributed by atoms with van der Waals surface area (Å²) >= 11 is 0. The minimum absolute atomic E-state index is 0.290. The number of hydrogen-bond donors (Lipinski definition) is 0. The Morgan fingerprint density at radius 1 is 0.909 bits per heavy atom. The van der Waals surface area contributed by atoms with E-state index in [0.29, 0.717) is 16.9 Å². The lowest BCUT2D eigenvalue weighted by molar-refractivity contribution is -0.0151. The van der Waals surface area contributed by atoms with Gasteiger partial charge in [-0.3, -0.25) is 0 Å². The smallest absolute Gasteiger partial charge is 0.0948 e. The van der Waals surface area contributed by atoms with E-state index in [-0.39, 0.29) is 0 Å². The van der Waals surface area contributed by atoms with Gasteiger partial charge >= 0.3 is 0 Å². The van der Waals surface area contributed by atoms with E-state index in [1.54, 1.807) is 11.3 Å². The molecule has 0 saturated heterocycles. The standard InChI is InChI=1S/C30H35N3/c1-29-14-11-23(32-18-16-31-20-32)19-22(29)7-8-24-25-9-10-28(30(25,2)15-12-26(24)29)33-17-13-21-5-3-4-6-27(21)33/h3-7,10,13,16-18,20,23-26H,8-9,11-12,14-15,19H2,1-2H3/t23-,24?,25?,26?,29-,30-/m0/s1. The number of fused-ring (bicyclic) bond motifs is 6. The van der Waals surface area contributed by atoms with Gasteiger partial charge < -0.3 is 9.13 Å². The molecule has 2 aromatic heterocycles. The fourth-order valence-electron chi connectivity index (χ4n) is 8.59. The van der Waals surface area contributed by atoms with E-state index < -0.39 is 0 Å². The van der Waals surface area contributed by atoms with E-state index >= 15 is 0 Å². The van der Waals surface area contributed by atoms with Crippen LogP contribution in [0.5, 0.6) is 0 Å². The van der Waals surface area contributed by atoms with Crippen molar-refractivity contribution in [1.82, 2.24) is 14.1 Å². The van der Waals surface area contributed by atoms with Crippen molar-refractivity contribution in [3.63, 3.8) is 0 Å². The predicted molar refractivity (Wildman–Crippen MR) is 135 cm³/mol. The van der Waals surface area contributed by atoms with Gasteiger partial charge in [0.1, 0.15) is 0 Å². The molecule has 3 heteroatoms. The fraction of sp³-hybridized carbons (Fsp3) is 0.500. The van der Waals surface area contributed by atoms with Crippen LogP contribution < -0.4 is 0 Å². The molecule has 170 valence electrons. The zero-order chi connectivity index (χ0) is 22.2. The van der Waals surface area contributed by atoms with Crippen LogP contribution >= 0.6 is 0 Å². The summed E-state index contributed by atoms with van der Waals surface area (Å²) in [5, 5.41) is 1.35. The predicted octanol–water partition coefficient (Wildman–Crippen LogP) is 7.49. The first kappa shape index (κ1) is 19.9. The number of para-hydroxylation sites is 1. The SMILES string of the molecule is C[C@]12CC[C@H](n3ccnc3)CC1=CCC1C2CC[C@]2(C)C(n3ccc4ccccc43)=CCC12. The Balaban J connectivity index is 1.20. The molecule has 0 amide bonds. The lowest BCUT2D eigenvalue weighted by atomic mass is 9.47. The minimum atomic E-state index is 0.290. The molecule has 0 aliphatic heterocycles. The Hall–Kier alpha value is -2.55. The van der Waals surface area contributed by atoms with Crippen molar-refractivity contribution in [3.8, 4) is 0 Å². The third kappa shape index (κ3) is 2.71. The van der Waals surface area contributed by atoms with Crippen molar-refractivity contribution in [2.24, 2.45) is 28.6 Å². The summed E-state index contributed by atoms with van der Waals surface area (Å²) in [6, 6.07) is 11.7. The summed E-state index contributed by atoms with van der Waals surface area (Å²) in [4.78, 5) is 4.31. The van der Waals surface area contributed by atoms with Gasteiger partial charge in [-0.05, 0) is 85.6 Å². The molecule has 3 nitrogen and oxygen atoms in total. The zero-order valence-corrected chi connectivity index (χ0v) is 20.0. The molecule has 0 spiro atoms. The van der Waals surface area contributed by atoms with Gasteiger partial charge in [0.15, 0.2) is 0 Å². The van der Waals surface area contributed by atoms with Crippen molar-refractivity contribution in [2.75, 3.05) is 0 Å². The summed E-state index contributed by atoms with van der Waals surface area (Å²) in [6.45, 7) is 5.20. The summed E-state index contributed by atoms with van der Waals surface area (Å²) in [5.41, 5.74) is 5.36. The lowest BCUT2D eigenvalue weighted by Crippen LogP contribution is -2.49. The van der Waals surface area contributed by atoms with E-state index in [2.05, 4.69) is 82.8 Å². The number of aromatic nitrogens is 3. The van der Waals surface area contributed by atoms with E-state index in [1.165, 1.54) is 55.8 Å². The maximum Gasteiger partial charge on any atom is 0.0948 e.